The topological polar surface area (TPSA) is 136 Å². The Balaban J connectivity index is 3.58. The molecule has 38 heavy (non-hydrogen) atoms. The van der Waals surface area contributed by atoms with Crippen molar-refractivity contribution in [2.75, 3.05) is 24.6 Å². The van der Waals surface area contributed by atoms with Gasteiger partial charge in [-0.25, -0.2) is 4.79 Å². The summed E-state index contributed by atoms with van der Waals surface area (Å²) in [5, 5.41) is 32.3. The van der Waals surface area contributed by atoms with Crippen molar-refractivity contribution in [3.63, 3.8) is 0 Å². The summed E-state index contributed by atoms with van der Waals surface area (Å²) in [6.07, 6.45) is 24.5. The summed E-state index contributed by atoms with van der Waals surface area (Å²) in [6, 6.07) is 0. The standard InChI is InChI=1S/C28H44N2O6S2/c1-2-3-4-5-6-7-8-9-10-11-12-13-14-15-16-17-18-19-24(31)29-20-22-37-38-23-21-30-27(34)25(32)26(33)28(35)36/h3-4,6-7,9-10,12-13,15-16,25-26,32-33H,2,5,8,11,14,17-23H2,1H3,(H,29,31)(H,30,34)(H,35,36)/t25-,26-/m1/s1. The Morgan fingerprint density at radius 1 is 0.711 bits per heavy atom. The fraction of sp³-hybridized carbons (Fsp3) is 0.536. The third-order valence-electron chi connectivity index (χ3n) is 4.83. The summed E-state index contributed by atoms with van der Waals surface area (Å²) < 4.78 is 0. The normalized spacial score (nSPS) is 13.8. The molecule has 214 valence electrons. The van der Waals surface area contributed by atoms with E-state index in [0.717, 1.165) is 44.9 Å². The molecular formula is C28H44N2O6S2. The number of amides is 2. The van der Waals surface area contributed by atoms with Crippen LogP contribution in [-0.4, -0.2) is 69.9 Å². The molecular weight excluding hydrogens is 524 g/mol. The predicted octanol–water partition coefficient (Wildman–Crippen LogP) is 4.33. The molecule has 0 unspecified atom stereocenters. The van der Waals surface area contributed by atoms with Gasteiger partial charge in [0.1, 0.15) is 0 Å². The second-order valence-electron chi connectivity index (χ2n) is 8.11. The van der Waals surface area contributed by atoms with E-state index in [1.165, 1.54) is 21.6 Å². The molecule has 0 aromatic rings. The number of nitrogens with one attached hydrogen (secondary N) is 2. The van der Waals surface area contributed by atoms with Gasteiger partial charge in [0.05, 0.1) is 0 Å². The minimum atomic E-state index is -2.15. The zero-order valence-corrected chi connectivity index (χ0v) is 23.9. The molecule has 8 nitrogen and oxygen atoms in total. The number of rotatable bonds is 23. The molecule has 0 bridgehead atoms. The Hall–Kier alpha value is -2.27. The van der Waals surface area contributed by atoms with Gasteiger partial charge in [0, 0.05) is 31.0 Å². The van der Waals surface area contributed by atoms with Crippen molar-refractivity contribution in [3.8, 4) is 0 Å². The molecule has 0 aromatic heterocycles. The van der Waals surface area contributed by atoms with E-state index < -0.39 is 24.1 Å². The minimum Gasteiger partial charge on any atom is -0.479 e. The van der Waals surface area contributed by atoms with Gasteiger partial charge in [-0.1, -0.05) is 89.3 Å². The average molecular weight is 569 g/mol. The lowest BCUT2D eigenvalue weighted by Crippen LogP contribution is -2.46. The SMILES string of the molecule is CCC=CCC=CCC=CCC=CCC=CCCCC(=O)NCCSSCCNC(=O)[C@H](O)[C@@H](O)C(=O)O. The highest BCUT2D eigenvalue weighted by atomic mass is 33.1. The van der Waals surface area contributed by atoms with Gasteiger partial charge in [0.15, 0.2) is 12.2 Å². The van der Waals surface area contributed by atoms with Crippen molar-refractivity contribution in [1.82, 2.24) is 10.6 Å². The van der Waals surface area contributed by atoms with Crippen LogP contribution < -0.4 is 10.6 Å². The number of aliphatic hydroxyl groups is 2. The maximum Gasteiger partial charge on any atom is 0.335 e. The van der Waals surface area contributed by atoms with Crippen LogP contribution >= 0.6 is 21.6 Å². The number of allylic oxidation sites excluding steroid dienone is 10. The van der Waals surface area contributed by atoms with Crippen LogP contribution in [0.15, 0.2) is 60.8 Å². The Morgan fingerprint density at radius 2 is 1.18 bits per heavy atom. The van der Waals surface area contributed by atoms with Crippen LogP contribution in [0.4, 0.5) is 0 Å². The van der Waals surface area contributed by atoms with Gasteiger partial charge in [-0.3, -0.25) is 9.59 Å². The fourth-order valence-corrected chi connectivity index (χ4v) is 4.60. The van der Waals surface area contributed by atoms with E-state index in [1.807, 2.05) is 0 Å². The summed E-state index contributed by atoms with van der Waals surface area (Å²) >= 11 is 0. The highest BCUT2D eigenvalue weighted by Crippen LogP contribution is 2.19. The minimum absolute atomic E-state index is 0.0289. The van der Waals surface area contributed by atoms with Crippen molar-refractivity contribution in [1.29, 1.82) is 0 Å². The van der Waals surface area contributed by atoms with Gasteiger partial charge >= 0.3 is 5.97 Å². The van der Waals surface area contributed by atoms with Gasteiger partial charge in [0.2, 0.25) is 5.91 Å². The molecule has 0 spiro atoms. The molecule has 0 radical (unpaired) electrons. The quantitative estimate of drug-likeness (QED) is 0.0698. The number of carbonyl (C=O) groups is 3. The number of unbranched alkanes of at least 4 members (excludes halogenated alkanes) is 1. The van der Waals surface area contributed by atoms with Crippen LogP contribution in [0.1, 0.15) is 58.3 Å². The van der Waals surface area contributed by atoms with Crippen LogP contribution in [0.2, 0.25) is 0 Å². The first-order valence-electron chi connectivity index (χ1n) is 13.0. The Bertz CT molecular complexity index is 796. The maximum absolute atomic E-state index is 11.9. The molecule has 0 aliphatic carbocycles. The van der Waals surface area contributed by atoms with Gasteiger partial charge in [0.25, 0.3) is 5.91 Å². The zero-order valence-electron chi connectivity index (χ0n) is 22.3. The van der Waals surface area contributed by atoms with Crippen molar-refractivity contribution in [2.45, 2.75) is 70.5 Å². The molecule has 0 rings (SSSR count). The lowest BCUT2D eigenvalue weighted by molar-refractivity contribution is -0.158. The maximum atomic E-state index is 11.9. The third-order valence-corrected chi connectivity index (χ3v) is 7.24. The van der Waals surface area contributed by atoms with Crippen molar-refractivity contribution in [2.24, 2.45) is 0 Å². The van der Waals surface area contributed by atoms with E-state index in [2.05, 4.69) is 78.3 Å². The van der Waals surface area contributed by atoms with Gasteiger partial charge in [-0.15, -0.1) is 0 Å². The van der Waals surface area contributed by atoms with E-state index in [1.54, 1.807) is 0 Å². The molecule has 5 N–H and O–H groups in total. The van der Waals surface area contributed by atoms with Crippen LogP contribution in [0.3, 0.4) is 0 Å². The molecule has 10 heteroatoms. The summed E-state index contributed by atoms with van der Waals surface area (Å²) in [7, 11) is 3.02. The molecule has 0 heterocycles. The summed E-state index contributed by atoms with van der Waals surface area (Å²) in [6.45, 7) is 2.91. The Kier molecular flexibility index (Phi) is 24.8. The van der Waals surface area contributed by atoms with Crippen LogP contribution in [0.5, 0.6) is 0 Å². The number of carboxylic acids is 1. The second kappa shape index (κ2) is 26.3. The number of hydrogen-bond donors (Lipinski definition) is 5. The predicted molar refractivity (Wildman–Crippen MR) is 159 cm³/mol. The highest BCUT2D eigenvalue weighted by Gasteiger charge is 2.29. The van der Waals surface area contributed by atoms with E-state index in [0.29, 0.717) is 24.5 Å². The van der Waals surface area contributed by atoms with Crippen LogP contribution in [-0.2, 0) is 14.4 Å². The summed E-state index contributed by atoms with van der Waals surface area (Å²) in [4.78, 5) is 33.9. The first-order chi connectivity index (χ1) is 18.4. The third kappa shape index (κ3) is 22.9. The van der Waals surface area contributed by atoms with Crippen molar-refractivity contribution < 1.29 is 29.7 Å². The molecule has 2 atom stereocenters. The smallest absolute Gasteiger partial charge is 0.335 e. The number of aliphatic hydroxyl groups excluding tert-OH is 2. The van der Waals surface area contributed by atoms with E-state index in [9.17, 15) is 19.5 Å². The first kappa shape index (κ1) is 35.7. The van der Waals surface area contributed by atoms with Crippen LogP contribution in [0, 0.1) is 0 Å². The zero-order chi connectivity index (χ0) is 28.3. The van der Waals surface area contributed by atoms with Crippen molar-refractivity contribution in [3.05, 3.63) is 60.8 Å². The highest BCUT2D eigenvalue weighted by molar-refractivity contribution is 8.76. The summed E-state index contributed by atoms with van der Waals surface area (Å²) in [5.74, 6) is -1.31. The lowest BCUT2D eigenvalue weighted by Gasteiger charge is -2.13. The largest absolute Gasteiger partial charge is 0.479 e. The lowest BCUT2D eigenvalue weighted by atomic mass is 10.2. The molecule has 0 aromatic carbocycles. The van der Waals surface area contributed by atoms with E-state index in [4.69, 9.17) is 10.2 Å². The number of carboxylic acid groups (broad SMARTS) is 1. The van der Waals surface area contributed by atoms with E-state index in [-0.39, 0.29) is 12.5 Å². The van der Waals surface area contributed by atoms with Crippen LogP contribution in [0.25, 0.3) is 0 Å². The number of hydrogen-bond acceptors (Lipinski definition) is 7. The number of carbonyl (C=O) groups excluding carboxylic acids is 2. The van der Waals surface area contributed by atoms with Gasteiger partial charge < -0.3 is 26.0 Å². The van der Waals surface area contributed by atoms with Gasteiger partial charge in [-0.05, 0) is 44.9 Å². The fourth-order valence-electron chi connectivity index (χ4n) is 2.79. The summed E-state index contributed by atoms with van der Waals surface area (Å²) in [5.41, 5.74) is 0. The first-order valence-corrected chi connectivity index (χ1v) is 15.5. The van der Waals surface area contributed by atoms with Crippen molar-refractivity contribution >= 4 is 39.4 Å². The Labute approximate surface area is 235 Å². The molecule has 0 aliphatic rings. The molecule has 2 amide bonds. The second-order valence-corrected chi connectivity index (χ2v) is 10.8. The van der Waals surface area contributed by atoms with Gasteiger partial charge in [-0.2, -0.15) is 0 Å². The molecule has 0 aliphatic heterocycles. The molecule has 0 fully saturated rings. The Morgan fingerprint density at radius 3 is 1.68 bits per heavy atom. The number of aliphatic carboxylic acids is 1. The molecule has 0 saturated carbocycles. The van der Waals surface area contributed by atoms with E-state index >= 15 is 0 Å². The molecule has 0 saturated heterocycles. The average Bonchev–Trinajstić information content (AvgIpc) is 2.90. The monoisotopic (exact) mass is 568 g/mol.